The van der Waals surface area contributed by atoms with E-state index in [-0.39, 0.29) is 17.3 Å². The quantitative estimate of drug-likeness (QED) is 0.380. The summed E-state index contributed by atoms with van der Waals surface area (Å²) >= 11 is 0. The molecule has 0 aliphatic heterocycles. The Kier molecular flexibility index (Phi) is 5.36. The van der Waals surface area contributed by atoms with E-state index in [1.54, 1.807) is 12.1 Å². The molecule has 0 unspecified atom stereocenters. The van der Waals surface area contributed by atoms with Crippen molar-refractivity contribution in [3.8, 4) is 0 Å². The summed E-state index contributed by atoms with van der Waals surface area (Å²) in [5, 5.41) is 5.97. The van der Waals surface area contributed by atoms with Gasteiger partial charge in [-0.25, -0.2) is 14.3 Å². The lowest BCUT2D eigenvalue weighted by molar-refractivity contribution is 0.0981. The molecule has 0 bridgehead atoms. The number of H-pyrrole nitrogens is 1. The van der Waals surface area contributed by atoms with Crippen LogP contribution in [0.25, 0.3) is 10.5 Å². The zero-order chi connectivity index (χ0) is 19.4. The number of aromatic amines is 1. The maximum absolute atomic E-state index is 12.7. The van der Waals surface area contributed by atoms with Crippen LogP contribution in [0.15, 0.2) is 41.3 Å². The number of rotatable bonds is 7. The van der Waals surface area contributed by atoms with Gasteiger partial charge in [-0.3, -0.25) is 9.59 Å². The molecular formula is C20H21N5O2. The fraction of sp³-hybridized carbons (Fsp3) is 0.300. The van der Waals surface area contributed by atoms with E-state index in [0.717, 1.165) is 0 Å². The maximum atomic E-state index is 12.7. The van der Waals surface area contributed by atoms with Crippen molar-refractivity contribution >= 4 is 22.9 Å². The van der Waals surface area contributed by atoms with E-state index in [1.165, 1.54) is 10.7 Å². The first-order valence-corrected chi connectivity index (χ1v) is 8.86. The molecule has 7 heteroatoms. The van der Waals surface area contributed by atoms with Crippen molar-refractivity contribution < 1.29 is 4.79 Å². The Morgan fingerprint density at radius 2 is 2.07 bits per heavy atom. The summed E-state index contributed by atoms with van der Waals surface area (Å²) in [6.07, 6.45) is 2.50. The van der Waals surface area contributed by atoms with Crippen LogP contribution in [0, 0.1) is 6.57 Å². The van der Waals surface area contributed by atoms with Crippen molar-refractivity contribution in [3.63, 3.8) is 0 Å². The van der Waals surface area contributed by atoms with Crippen molar-refractivity contribution in [3.05, 3.63) is 69.4 Å². The number of hydrogen-bond acceptors (Lipinski definition) is 4. The van der Waals surface area contributed by atoms with Crippen molar-refractivity contribution in [2.75, 3.05) is 11.9 Å². The highest BCUT2D eigenvalue weighted by Gasteiger charge is 2.18. The summed E-state index contributed by atoms with van der Waals surface area (Å²) < 4.78 is 1.30. The molecule has 0 amide bonds. The number of fused-ring (bicyclic) bond motifs is 1. The largest absolute Gasteiger partial charge is 0.370 e. The fourth-order valence-electron chi connectivity index (χ4n) is 2.98. The number of nitrogens with one attached hydrogen (secondary N) is 2. The summed E-state index contributed by atoms with van der Waals surface area (Å²) in [4.78, 5) is 32.8. The number of benzene rings is 1. The van der Waals surface area contributed by atoms with Gasteiger partial charge in [-0.15, -0.1) is 0 Å². The minimum atomic E-state index is -0.215. The van der Waals surface area contributed by atoms with Gasteiger partial charge in [-0.1, -0.05) is 44.2 Å². The Bertz CT molecular complexity index is 1060. The fourth-order valence-corrected chi connectivity index (χ4v) is 2.98. The first kappa shape index (κ1) is 18.4. The van der Waals surface area contributed by atoms with Gasteiger partial charge in [-0.2, -0.15) is 0 Å². The van der Waals surface area contributed by atoms with Gasteiger partial charge in [0, 0.05) is 24.7 Å². The smallest absolute Gasteiger partial charge is 0.277 e. The predicted octanol–water partition coefficient (Wildman–Crippen LogP) is 3.77. The number of nitrogens with zero attached hydrogens (tertiary/aromatic N) is 3. The third-order valence-electron chi connectivity index (χ3n) is 4.34. The average molecular weight is 363 g/mol. The van der Waals surface area contributed by atoms with Crippen LogP contribution in [0.4, 0.5) is 11.5 Å². The van der Waals surface area contributed by atoms with Crippen molar-refractivity contribution in [1.29, 1.82) is 0 Å². The first-order valence-electron chi connectivity index (χ1n) is 8.86. The monoisotopic (exact) mass is 363 g/mol. The Morgan fingerprint density at radius 3 is 2.74 bits per heavy atom. The number of anilines is 1. The van der Waals surface area contributed by atoms with Gasteiger partial charge in [0.2, 0.25) is 5.69 Å². The molecule has 3 rings (SSSR count). The Hall–Kier alpha value is -3.40. The minimum absolute atomic E-state index is 0.0324. The number of carbonyl (C=O) groups excluding carboxylic acids is 1. The Morgan fingerprint density at radius 1 is 1.33 bits per heavy atom. The van der Waals surface area contributed by atoms with Crippen LogP contribution in [0.2, 0.25) is 0 Å². The second kappa shape index (κ2) is 7.87. The van der Waals surface area contributed by atoms with Crippen LogP contribution >= 0.6 is 0 Å². The van der Waals surface area contributed by atoms with E-state index < -0.39 is 0 Å². The number of hydrogen-bond donors (Lipinski definition) is 2. The van der Waals surface area contributed by atoms with Gasteiger partial charge in [-0.05, 0) is 12.3 Å². The van der Waals surface area contributed by atoms with Crippen LogP contribution in [-0.4, -0.2) is 26.9 Å². The highest BCUT2D eigenvalue weighted by Crippen LogP contribution is 2.23. The normalized spacial score (nSPS) is 10.9. The predicted molar refractivity (Wildman–Crippen MR) is 105 cm³/mol. The van der Waals surface area contributed by atoms with Gasteiger partial charge in [0.05, 0.1) is 12.1 Å². The lowest BCUT2D eigenvalue weighted by atomic mass is 10.1. The average Bonchev–Trinajstić information content (AvgIpc) is 3.08. The molecule has 1 aromatic carbocycles. The number of aromatic nitrogens is 3. The van der Waals surface area contributed by atoms with Gasteiger partial charge in [0.1, 0.15) is 5.82 Å². The summed E-state index contributed by atoms with van der Waals surface area (Å²) in [6, 6.07) is 9.18. The molecular weight excluding hydrogens is 342 g/mol. The molecule has 2 N–H and O–H groups in total. The molecule has 0 atom stereocenters. The van der Waals surface area contributed by atoms with Crippen LogP contribution in [0.1, 0.15) is 48.5 Å². The number of ketones is 1. The Labute approximate surface area is 156 Å². The van der Waals surface area contributed by atoms with Crippen molar-refractivity contribution in [2.24, 2.45) is 0 Å². The molecule has 2 heterocycles. The molecule has 0 aliphatic rings. The zero-order valence-corrected chi connectivity index (χ0v) is 15.3. The molecule has 0 aliphatic carbocycles. The van der Waals surface area contributed by atoms with Gasteiger partial charge in [0.25, 0.3) is 5.56 Å². The molecule has 0 saturated carbocycles. The lowest BCUT2D eigenvalue weighted by Crippen LogP contribution is -2.24. The summed E-state index contributed by atoms with van der Waals surface area (Å²) in [5.41, 5.74) is 1.65. The van der Waals surface area contributed by atoms with E-state index in [1.807, 2.05) is 32.0 Å². The third kappa shape index (κ3) is 3.75. The van der Waals surface area contributed by atoms with Gasteiger partial charge >= 0.3 is 0 Å². The highest BCUT2D eigenvalue weighted by molar-refractivity contribution is 5.95. The van der Waals surface area contributed by atoms with E-state index in [9.17, 15) is 9.59 Å². The van der Waals surface area contributed by atoms with Crippen LogP contribution in [0.3, 0.4) is 0 Å². The van der Waals surface area contributed by atoms with E-state index in [0.29, 0.717) is 47.7 Å². The second-order valence-corrected chi connectivity index (χ2v) is 6.58. The summed E-state index contributed by atoms with van der Waals surface area (Å²) in [5.74, 6) is 0.535. The zero-order valence-electron chi connectivity index (χ0n) is 15.3. The number of carbonyl (C=O) groups is 1. The second-order valence-electron chi connectivity index (χ2n) is 6.58. The molecule has 27 heavy (non-hydrogen) atoms. The van der Waals surface area contributed by atoms with Crippen molar-refractivity contribution in [1.82, 2.24) is 14.6 Å². The molecule has 0 saturated heterocycles. The molecule has 0 radical (unpaired) electrons. The van der Waals surface area contributed by atoms with Gasteiger partial charge in [0.15, 0.2) is 11.4 Å². The van der Waals surface area contributed by atoms with Gasteiger partial charge < -0.3 is 10.4 Å². The Balaban J connectivity index is 1.76. The highest BCUT2D eigenvalue weighted by atomic mass is 16.1. The summed E-state index contributed by atoms with van der Waals surface area (Å²) in [6.45, 7) is 11.6. The molecule has 138 valence electrons. The number of Topliss-reactive ketones (excluding diaryl/α,β-unsaturated/α-hetero) is 1. The third-order valence-corrected chi connectivity index (χ3v) is 4.34. The standard InChI is InChI=1S/C20H21N5O2/c1-13(2)17-18(24-19-15(21-3)12-23-25(19)20(17)27)22-11-7-10-16(26)14-8-5-4-6-9-14/h4-6,8-9,12-13,22-23H,7,10-11H2,1-2H3. The van der Waals surface area contributed by atoms with Crippen molar-refractivity contribution in [2.45, 2.75) is 32.6 Å². The SMILES string of the molecule is [C-]#[N+]c1c[nH]n2c(=O)c(C(C)C)c(NCCCC(=O)c3ccccc3)nc12. The van der Waals surface area contributed by atoms with Crippen LogP contribution < -0.4 is 10.9 Å². The first-order chi connectivity index (χ1) is 13.0. The van der Waals surface area contributed by atoms with E-state index >= 15 is 0 Å². The molecule has 0 fully saturated rings. The lowest BCUT2D eigenvalue weighted by Gasteiger charge is -2.13. The summed E-state index contributed by atoms with van der Waals surface area (Å²) in [7, 11) is 0. The maximum Gasteiger partial charge on any atom is 0.277 e. The van der Waals surface area contributed by atoms with Crippen LogP contribution in [0.5, 0.6) is 0 Å². The molecule has 0 spiro atoms. The molecule has 3 aromatic rings. The van der Waals surface area contributed by atoms with E-state index in [4.69, 9.17) is 6.57 Å². The van der Waals surface area contributed by atoms with E-state index in [2.05, 4.69) is 20.2 Å². The molecule has 2 aromatic heterocycles. The minimum Gasteiger partial charge on any atom is -0.370 e. The topological polar surface area (TPSA) is 83.6 Å². The van der Waals surface area contributed by atoms with Crippen LogP contribution in [-0.2, 0) is 0 Å². The molecule has 7 nitrogen and oxygen atoms in total.